The number of aryl methyl sites for hydroxylation is 1. The summed E-state index contributed by atoms with van der Waals surface area (Å²) in [5.41, 5.74) is -0.557. The molecule has 2 aromatic rings. The van der Waals surface area contributed by atoms with E-state index in [2.05, 4.69) is 14.6 Å². The van der Waals surface area contributed by atoms with Crippen LogP contribution in [0.4, 0.5) is 18.0 Å². The number of morpholine rings is 1. The predicted octanol–water partition coefficient (Wildman–Crippen LogP) is 4.43. The number of ether oxygens (including phenoxy) is 4. The average Bonchev–Trinajstić information content (AvgIpc) is 2.95. The van der Waals surface area contributed by atoms with E-state index in [9.17, 15) is 31.5 Å². The zero-order valence-electron chi connectivity index (χ0n) is 24.3. The van der Waals surface area contributed by atoms with Gasteiger partial charge in [0.2, 0.25) is 5.88 Å². The van der Waals surface area contributed by atoms with Crippen molar-refractivity contribution in [2.75, 3.05) is 59.2 Å². The van der Waals surface area contributed by atoms with Crippen molar-refractivity contribution in [3.8, 4) is 17.4 Å². The van der Waals surface area contributed by atoms with Crippen LogP contribution in [0.3, 0.4) is 0 Å². The number of halogens is 4. The van der Waals surface area contributed by atoms with E-state index in [4.69, 9.17) is 30.5 Å². The number of benzene rings is 1. The van der Waals surface area contributed by atoms with Gasteiger partial charge in [-0.3, -0.25) is 4.90 Å². The number of pyridine rings is 1. The molecule has 1 fully saturated rings. The summed E-state index contributed by atoms with van der Waals surface area (Å²) in [6.45, 7) is 6.94. The Labute approximate surface area is 259 Å². The van der Waals surface area contributed by atoms with Crippen LogP contribution in [0.1, 0.15) is 31.4 Å². The van der Waals surface area contributed by atoms with Gasteiger partial charge in [0.05, 0.1) is 31.5 Å². The van der Waals surface area contributed by atoms with E-state index in [0.29, 0.717) is 54.2 Å². The normalized spacial score (nSPS) is 14.5. The number of aromatic nitrogens is 1. The number of nitrogens with zero attached hydrogens (tertiary/aromatic N) is 3. The molecule has 246 valence electrons. The van der Waals surface area contributed by atoms with E-state index in [0.717, 1.165) is 13.1 Å². The van der Waals surface area contributed by atoms with Crippen LogP contribution in [-0.4, -0.2) is 99.1 Å². The molecule has 1 amide bonds. The van der Waals surface area contributed by atoms with Crippen LogP contribution in [0.15, 0.2) is 30.5 Å². The van der Waals surface area contributed by atoms with Crippen molar-refractivity contribution in [2.24, 2.45) is 0 Å². The zero-order valence-corrected chi connectivity index (χ0v) is 25.9. The highest BCUT2D eigenvalue weighted by atomic mass is 35.5. The Balaban J connectivity index is 1.73. The molecule has 0 bridgehead atoms. The molecule has 0 radical (unpaired) electrons. The molecule has 0 unspecified atom stereocenters. The fourth-order valence-electron chi connectivity index (χ4n) is 4.08. The minimum absolute atomic E-state index is 0.0530. The molecule has 0 spiro atoms. The summed E-state index contributed by atoms with van der Waals surface area (Å²) in [5, 5.41) is 9.17. The lowest BCUT2D eigenvalue weighted by atomic mass is 10.1. The van der Waals surface area contributed by atoms with E-state index in [1.54, 1.807) is 26.0 Å². The van der Waals surface area contributed by atoms with Crippen LogP contribution >= 0.6 is 11.6 Å². The lowest BCUT2D eigenvalue weighted by molar-refractivity contribution is -0.137. The van der Waals surface area contributed by atoms with E-state index < -0.39 is 28.0 Å². The van der Waals surface area contributed by atoms with Crippen molar-refractivity contribution in [3.63, 3.8) is 0 Å². The van der Waals surface area contributed by atoms with Crippen LogP contribution in [0.2, 0.25) is 5.02 Å². The second kappa shape index (κ2) is 16.4. The third-order valence-electron chi connectivity index (χ3n) is 6.31. The van der Waals surface area contributed by atoms with E-state index in [1.807, 2.05) is 0 Å². The molecule has 1 aromatic heterocycles. The van der Waals surface area contributed by atoms with Gasteiger partial charge >= 0.3 is 22.5 Å². The summed E-state index contributed by atoms with van der Waals surface area (Å²) >= 11 is 6.06. The Bertz CT molecular complexity index is 1340. The Kier molecular flexibility index (Phi) is 13.3. The Morgan fingerprint density at radius 3 is 2.59 bits per heavy atom. The molecule has 2 heterocycles. The molecule has 12 nitrogen and oxygen atoms in total. The first-order chi connectivity index (χ1) is 20.8. The predicted molar refractivity (Wildman–Crippen MR) is 155 cm³/mol. The van der Waals surface area contributed by atoms with Crippen LogP contribution in [-0.2, 0) is 32.3 Å². The van der Waals surface area contributed by atoms with Crippen molar-refractivity contribution < 1.29 is 50.4 Å². The SMILES string of the molecule is CC(C)OCCNS(=O)(=O)N(CCCc1ccc(OCCN2CCOCC2)cc1Oc1ncc(C(F)(F)F)cc1Cl)C(=O)O. The van der Waals surface area contributed by atoms with Gasteiger partial charge in [-0.05, 0) is 44.4 Å². The summed E-state index contributed by atoms with van der Waals surface area (Å²) in [6, 6.07) is 5.51. The monoisotopic (exact) mass is 668 g/mol. The molecular formula is C27H36ClF3N4O8S. The zero-order chi connectivity index (χ0) is 32.3. The van der Waals surface area contributed by atoms with Crippen LogP contribution < -0.4 is 14.2 Å². The highest BCUT2D eigenvalue weighted by Gasteiger charge is 2.32. The maximum absolute atomic E-state index is 13.1. The second-order valence-electron chi connectivity index (χ2n) is 9.96. The highest BCUT2D eigenvalue weighted by molar-refractivity contribution is 7.87. The molecule has 0 aliphatic carbocycles. The number of nitrogens with one attached hydrogen (secondary N) is 1. The summed E-state index contributed by atoms with van der Waals surface area (Å²) in [7, 11) is -4.36. The second-order valence-corrected chi connectivity index (χ2v) is 12.0. The number of carboxylic acid groups (broad SMARTS) is 1. The van der Waals surface area contributed by atoms with Gasteiger partial charge in [-0.15, -0.1) is 0 Å². The topological polar surface area (TPSA) is 140 Å². The Morgan fingerprint density at radius 1 is 1.23 bits per heavy atom. The summed E-state index contributed by atoms with van der Waals surface area (Å²) < 4.78 is 89.2. The molecule has 0 saturated carbocycles. The lowest BCUT2D eigenvalue weighted by Crippen LogP contribution is -2.45. The Morgan fingerprint density at radius 2 is 1.95 bits per heavy atom. The van der Waals surface area contributed by atoms with Crippen LogP contribution in [0, 0.1) is 0 Å². The maximum Gasteiger partial charge on any atom is 0.422 e. The van der Waals surface area contributed by atoms with Gasteiger partial charge in [0.1, 0.15) is 23.1 Å². The van der Waals surface area contributed by atoms with Crippen molar-refractivity contribution >= 4 is 27.9 Å². The van der Waals surface area contributed by atoms with Crippen LogP contribution in [0.25, 0.3) is 0 Å². The van der Waals surface area contributed by atoms with Gasteiger partial charge in [-0.25, -0.2) is 9.78 Å². The molecule has 0 atom stereocenters. The largest absolute Gasteiger partial charge is 0.492 e. The van der Waals surface area contributed by atoms with E-state index >= 15 is 0 Å². The van der Waals surface area contributed by atoms with E-state index in [1.165, 1.54) is 6.07 Å². The molecule has 17 heteroatoms. The molecule has 1 aromatic carbocycles. The lowest BCUT2D eigenvalue weighted by Gasteiger charge is -2.26. The minimum atomic E-state index is -4.65. The summed E-state index contributed by atoms with van der Waals surface area (Å²) in [4.78, 5) is 17.7. The molecule has 1 aliphatic heterocycles. The smallest absolute Gasteiger partial charge is 0.422 e. The summed E-state index contributed by atoms with van der Waals surface area (Å²) in [5.74, 6) is 0.272. The standard InChI is InChI=1S/C27H36ClF3N4O8S/c1-19(2)41-12-7-33-44(38,39)35(26(36)37)8-3-4-20-5-6-22(42-15-11-34-9-13-40-14-10-34)17-24(20)43-25-23(28)16-21(18-32-25)27(29,30)31/h5-6,16-19,33H,3-4,7-15H2,1-2H3,(H,36,37). The third-order valence-corrected chi connectivity index (χ3v) is 8.07. The van der Waals surface area contributed by atoms with Crippen molar-refractivity contribution in [2.45, 2.75) is 39.0 Å². The highest BCUT2D eigenvalue weighted by Crippen LogP contribution is 2.36. The van der Waals surface area contributed by atoms with Crippen molar-refractivity contribution in [3.05, 3.63) is 46.6 Å². The van der Waals surface area contributed by atoms with E-state index in [-0.39, 0.29) is 55.3 Å². The molecule has 1 saturated heterocycles. The van der Waals surface area contributed by atoms with Gasteiger partial charge < -0.3 is 24.1 Å². The summed E-state index contributed by atoms with van der Waals surface area (Å²) in [6.07, 6.45) is -5.65. The third kappa shape index (κ3) is 11.2. The van der Waals surface area contributed by atoms with Gasteiger partial charge in [-0.1, -0.05) is 17.7 Å². The van der Waals surface area contributed by atoms with Gasteiger partial charge in [0.25, 0.3) is 0 Å². The number of rotatable bonds is 16. The van der Waals surface area contributed by atoms with Gasteiger partial charge in [0, 0.05) is 45.0 Å². The first kappa shape index (κ1) is 35.6. The van der Waals surface area contributed by atoms with Gasteiger partial charge in [-0.2, -0.15) is 30.6 Å². The first-order valence-electron chi connectivity index (χ1n) is 13.8. The molecule has 1 aliphatic rings. The fraction of sp³-hybridized carbons (Fsp3) is 0.556. The Hall–Kier alpha value is -2.89. The maximum atomic E-state index is 13.1. The molecular weight excluding hydrogens is 633 g/mol. The number of alkyl halides is 3. The number of amides is 1. The van der Waals surface area contributed by atoms with Gasteiger partial charge in [0.15, 0.2) is 0 Å². The number of carbonyl (C=O) groups is 1. The number of hydrogen-bond donors (Lipinski definition) is 2. The average molecular weight is 669 g/mol. The quantitative estimate of drug-likeness (QED) is 0.247. The fourth-order valence-corrected chi connectivity index (χ4v) is 5.36. The first-order valence-corrected chi connectivity index (χ1v) is 15.7. The number of hydrogen-bond acceptors (Lipinski definition) is 9. The van der Waals surface area contributed by atoms with Crippen molar-refractivity contribution in [1.82, 2.24) is 18.9 Å². The molecule has 3 rings (SSSR count). The van der Waals surface area contributed by atoms with Crippen molar-refractivity contribution in [1.29, 1.82) is 0 Å². The minimum Gasteiger partial charge on any atom is -0.492 e. The van der Waals surface area contributed by atoms with Crippen LogP contribution in [0.5, 0.6) is 17.4 Å². The molecule has 2 N–H and O–H groups in total. The molecule has 44 heavy (non-hydrogen) atoms.